The van der Waals surface area contributed by atoms with Gasteiger partial charge in [0.05, 0.1) is 16.8 Å². The molecule has 5 rings (SSSR count). The average molecular weight is 499 g/mol. The van der Waals surface area contributed by atoms with Gasteiger partial charge in [-0.2, -0.15) is 0 Å². The van der Waals surface area contributed by atoms with E-state index in [0.29, 0.717) is 13.1 Å². The molecule has 3 aliphatic rings. The first-order valence-corrected chi connectivity index (χ1v) is 14.8. The number of nitrogens with one attached hydrogen (secondary N) is 1. The summed E-state index contributed by atoms with van der Waals surface area (Å²) < 4.78 is 3.29. The molecule has 2 fully saturated rings. The Bertz CT molecular complexity index is 1040. The molecule has 1 atom stereocenters. The van der Waals surface area contributed by atoms with Crippen molar-refractivity contribution < 1.29 is 9.59 Å². The van der Waals surface area contributed by atoms with Gasteiger partial charge in [0, 0.05) is 17.5 Å². The van der Waals surface area contributed by atoms with Crippen LogP contribution in [0.4, 0.5) is 0 Å². The van der Waals surface area contributed by atoms with Gasteiger partial charge in [-0.15, -0.1) is 11.3 Å². The SMILES string of the molecule is CCc1cc2c(cc3n2CC(C)(C(=O)NC2CCCCCC2)N(CCCN2CCCCC2)C3=O)s1. The predicted molar refractivity (Wildman–Crippen MR) is 143 cm³/mol. The third kappa shape index (κ3) is 5.04. The predicted octanol–water partition coefficient (Wildman–Crippen LogP) is 5.19. The lowest BCUT2D eigenvalue weighted by Crippen LogP contribution is -2.65. The van der Waals surface area contributed by atoms with Crippen molar-refractivity contribution in [3.63, 3.8) is 0 Å². The van der Waals surface area contributed by atoms with Gasteiger partial charge in [-0.3, -0.25) is 9.59 Å². The Kier molecular flexibility index (Phi) is 7.54. The standard InChI is InChI=1S/C28H42N4O2S/c1-3-22-18-23-25(35-22)19-24-26(33)32(17-11-16-30-14-9-6-10-15-30)28(2,20-31(23)24)27(34)29-21-12-7-4-5-8-13-21/h18-19,21H,3-17,20H2,1-2H3,(H,29,34). The molecule has 1 saturated carbocycles. The quantitative estimate of drug-likeness (QED) is 0.534. The van der Waals surface area contributed by atoms with Gasteiger partial charge in [0.15, 0.2) is 0 Å². The molecule has 4 heterocycles. The Labute approximate surface area is 214 Å². The number of thiophene rings is 1. The van der Waals surface area contributed by atoms with E-state index in [1.807, 2.05) is 11.8 Å². The summed E-state index contributed by atoms with van der Waals surface area (Å²) in [4.78, 5) is 33.6. The highest BCUT2D eigenvalue weighted by atomic mass is 32.1. The molecule has 1 unspecified atom stereocenters. The van der Waals surface area contributed by atoms with Gasteiger partial charge in [0.25, 0.3) is 5.91 Å². The normalized spacial score (nSPS) is 24.5. The molecule has 2 amide bonds. The van der Waals surface area contributed by atoms with Crippen LogP contribution < -0.4 is 5.32 Å². The molecule has 35 heavy (non-hydrogen) atoms. The Morgan fingerprint density at radius 1 is 1.06 bits per heavy atom. The molecule has 1 saturated heterocycles. The molecule has 7 heteroatoms. The maximum atomic E-state index is 13.9. The van der Waals surface area contributed by atoms with E-state index < -0.39 is 5.54 Å². The molecule has 0 spiro atoms. The van der Waals surface area contributed by atoms with E-state index in [9.17, 15) is 9.59 Å². The van der Waals surface area contributed by atoms with Crippen molar-refractivity contribution in [3.05, 3.63) is 22.7 Å². The van der Waals surface area contributed by atoms with Crippen molar-refractivity contribution in [3.8, 4) is 0 Å². The first-order valence-electron chi connectivity index (χ1n) is 14.0. The van der Waals surface area contributed by atoms with Crippen LogP contribution in [0, 0.1) is 0 Å². The van der Waals surface area contributed by atoms with Crippen LogP contribution in [0.25, 0.3) is 10.2 Å². The third-order valence-corrected chi connectivity index (χ3v) is 9.71. The van der Waals surface area contributed by atoms with Crippen LogP contribution >= 0.6 is 11.3 Å². The third-order valence-electron chi connectivity index (χ3n) is 8.50. The maximum absolute atomic E-state index is 13.9. The second-order valence-electron chi connectivity index (χ2n) is 11.1. The number of piperidine rings is 1. The summed E-state index contributed by atoms with van der Waals surface area (Å²) in [6.07, 6.45) is 12.7. The van der Waals surface area contributed by atoms with Crippen LogP contribution in [0.5, 0.6) is 0 Å². The maximum Gasteiger partial charge on any atom is 0.271 e. The molecule has 2 aliphatic heterocycles. The topological polar surface area (TPSA) is 57.6 Å². The summed E-state index contributed by atoms with van der Waals surface area (Å²) in [5, 5.41) is 3.39. The second-order valence-corrected chi connectivity index (χ2v) is 12.2. The van der Waals surface area contributed by atoms with E-state index in [1.54, 1.807) is 11.3 Å². The molecule has 1 aliphatic carbocycles. The fourth-order valence-electron chi connectivity index (χ4n) is 6.31. The average Bonchev–Trinajstić information content (AvgIpc) is 3.30. The summed E-state index contributed by atoms with van der Waals surface area (Å²) >= 11 is 1.77. The minimum atomic E-state index is -0.876. The van der Waals surface area contributed by atoms with Crippen molar-refractivity contribution >= 4 is 33.4 Å². The Morgan fingerprint density at radius 2 is 1.77 bits per heavy atom. The number of nitrogens with zero attached hydrogens (tertiary/aromatic N) is 3. The number of hydrogen-bond donors (Lipinski definition) is 1. The summed E-state index contributed by atoms with van der Waals surface area (Å²) in [5.41, 5.74) is 0.974. The van der Waals surface area contributed by atoms with Crippen LogP contribution in [-0.4, -0.2) is 63.9 Å². The zero-order chi connectivity index (χ0) is 24.4. The summed E-state index contributed by atoms with van der Waals surface area (Å²) in [6.45, 7) is 8.64. The van der Waals surface area contributed by atoms with Gasteiger partial charge < -0.3 is 19.7 Å². The Balaban J connectivity index is 1.40. The molecule has 0 radical (unpaired) electrons. The zero-order valence-electron chi connectivity index (χ0n) is 21.6. The first-order chi connectivity index (χ1) is 17.0. The van der Waals surface area contributed by atoms with Crippen molar-refractivity contribution in [1.82, 2.24) is 19.7 Å². The fourth-order valence-corrected chi connectivity index (χ4v) is 7.35. The zero-order valence-corrected chi connectivity index (χ0v) is 22.4. The van der Waals surface area contributed by atoms with Crippen molar-refractivity contribution in [2.75, 3.05) is 26.2 Å². The molecular weight excluding hydrogens is 456 g/mol. The lowest BCUT2D eigenvalue weighted by atomic mass is 9.93. The van der Waals surface area contributed by atoms with Crippen LogP contribution in [0.1, 0.15) is 93.4 Å². The second kappa shape index (κ2) is 10.6. The molecule has 2 aromatic rings. The monoisotopic (exact) mass is 498 g/mol. The van der Waals surface area contributed by atoms with E-state index in [-0.39, 0.29) is 17.9 Å². The number of fused-ring (bicyclic) bond motifs is 3. The fraction of sp³-hybridized carbons (Fsp3) is 0.714. The van der Waals surface area contributed by atoms with Crippen LogP contribution in [0.3, 0.4) is 0 Å². The number of hydrogen-bond acceptors (Lipinski definition) is 4. The summed E-state index contributed by atoms with van der Waals surface area (Å²) in [5.74, 6) is 0.0315. The number of likely N-dealkylation sites (tertiary alicyclic amines) is 1. The number of aromatic nitrogens is 1. The van der Waals surface area contributed by atoms with Gasteiger partial charge in [0.1, 0.15) is 11.2 Å². The van der Waals surface area contributed by atoms with E-state index in [4.69, 9.17) is 0 Å². The van der Waals surface area contributed by atoms with E-state index in [1.165, 1.54) is 49.8 Å². The number of rotatable bonds is 7. The molecule has 192 valence electrons. The van der Waals surface area contributed by atoms with Crippen molar-refractivity contribution in [2.45, 2.75) is 103 Å². The van der Waals surface area contributed by atoms with Gasteiger partial charge >= 0.3 is 0 Å². The highest BCUT2D eigenvalue weighted by molar-refractivity contribution is 7.19. The minimum Gasteiger partial charge on any atom is -0.351 e. The number of amides is 2. The number of carbonyl (C=O) groups excluding carboxylic acids is 2. The van der Waals surface area contributed by atoms with Crippen LogP contribution in [-0.2, 0) is 17.8 Å². The lowest BCUT2D eigenvalue weighted by molar-refractivity contribution is -0.133. The van der Waals surface area contributed by atoms with Crippen molar-refractivity contribution in [2.24, 2.45) is 0 Å². The number of carbonyl (C=O) groups is 2. The molecule has 0 aromatic carbocycles. The molecule has 0 bridgehead atoms. The van der Waals surface area contributed by atoms with Crippen molar-refractivity contribution in [1.29, 1.82) is 0 Å². The van der Waals surface area contributed by atoms with E-state index in [0.717, 1.165) is 61.2 Å². The molecule has 1 N–H and O–H groups in total. The van der Waals surface area contributed by atoms with E-state index >= 15 is 0 Å². The largest absolute Gasteiger partial charge is 0.351 e. The minimum absolute atomic E-state index is 0.00913. The lowest BCUT2D eigenvalue weighted by Gasteiger charge is -2.45. The summed E-state index contributed by atoms with van der Waals surface area (Å²) in [7, 11) is 0. The van der Waals surface area contributed by atoms with Crippen LogP contribution in [0.2, 0.25) is 0 Å². The van der Waals surface area contributed by atoms with Gasteiger partial charge in [0.2, 0.25) is 5.91 Å². The van der Waals surface area contributed by atoms with Gasteiger partial charge in [-0.25, -0.2) is 0 Å². The van der Waals surface area contributed by atoms with Gasteiger partial charge in [-0.05, 0) is 77.2 Å². The van der Waals surface area contributed by atoms with Crippen LogP contribution in [0.15, 0.2) is 12.1 Å². The molecular formula is C28H42N4O2S. The molecule has 2 aromatic heterocycles. The smallest absolute Gasteiger partial charge is 0.271 e. The highest BCUT2D eigenvalue weighted by Crippen LogP contribution is 2.36. The Hall–Kier alpha value is -1.86. The van der Waals surface area contributed by atoms with Gasteiger partial charge in [-0.1, -0.05) is 39.0 Å². The number of aryl methyl sites for hydroxylation is 1. The summed E-state index contributed by atoms with van der Waals surface area (Å²) in [6, 6.07) is 4.50. The molecule has 6 nitrogen and oxygen atoms in total. The highest BCUT2D eigenvalue weighted by Gasteiger charge is 2.48. The van der Waals surface area contributed by atoms with E-state index in [2.05, 4.69) is 33.8 Å². The first kappa shape index (κ1) is 24.8. The Morgan fingerprint density at radius 3 is 2.49 bits per heavy atom.